The second-order valence-corrected chi connectivity index (χ2v) is 6.34. The monoisotopic (exact) mass is 305 g/mol. The van der Waals surface area contributed by atoms with Gasteiger partial charge < -0.3 is 9.05 Å². The molecule has 22 heavy (non-hydrogen) atoms. The van der Waals surface area contributed by atoms with Gasteiger partial charge >= 0.3 is 0 Å². The van der Waals surface area contributed by atoms with Crippen LogP contribution in [0.25, 0.3) is 0 Å². The number of nitrogens with zero attached hydrogens (tertiary/aromatic N) is 5. The third-order valence-electron chi connectivity index (χ3n) is 4.22. The molecule has 1 fully saturated rings. The number of aryl methyl sites for hydroxylation is 1. The van der Waals surface area contributed by atoms with E-state index in [1.165, 1.54) is 0 Å². The second-order valence-electron chi connectivity index (χ2n) is 6.34. The van der Waals surface area contributed by atoms with E-state index in [4.69, 9.17) is 9.05 Å². The fourth-order valence-corrected chi connectivity index (χ4v) is 2.85. The van der Waals surface area contributed by atoms with E-state index in [2.05, 4.69) is 46.0 Å². The zero-order chi connectivity index (χ0) is 15.7. The minimum absolute atomic E-state index is 0.104. The van der Waals surface area contributed by atoms with Crippen LogP contribution in [0.1, 0.15) is 74.9 Å². The van der Waals surface area contributed by atoms with Crippen molar-refractivity contribution in [3.63, 3.8) is 0 Å². The van der Waals surface area contributed by atoms with Crippen molar-refractivity contribution in [2.45, 2.75) is 58.4 Å². The van der Waals surface area contributed by atoms with E-state index >= 15 is 0 Å². The minimum atomic E-state index is 0.104. The van der Waals surface area contributed by atoms with Gasteiger partial charge in [-0.25, -0.2) is 0 Å². The van der Waals surface area contributed by atoms with Gasteiger partial charge in [-0.15, -0.1) is 0 Å². The van der Waals surface area contributed by atoms with Crippen molar-refractivity contribution in [3.8, 4) is 0 Å². The molecule has 2 aromatic rings. The summed E-state index contributed by atoms with van der Waals surface area (Å²) >= 11 is 0. The quantitative estimate of drug-likeness (QED) is 0.859. The first kappa shape index (κ1) is 15.1. The summed E-state index contributed by atoms with van der Waals surface area (Å²) in [5, 5.41) is 7.96. The Morgan fingerprint density at radius 1 is 1.14 bits per heavy atom. The molecule has 7 heteroatoms. The van der Waals surface area contributed by atoms with E-state index in [0.717, 1.165) is 37.6 Å². The standard InChI is InChI=1S/C15H23N5O2/c1-9(2)13-17-14(21-19-13)10(3)20-7-5-6-12(8-20)15-16-11(4)18-22-15/h9-10,12H,5-8H2,1-4H3/t10-,12+/m1/s1. The van der Waals surface area contributed by atoms with Crippen molar-refractivity contribution in [1.82, 2.24) is 25.2 Å². The number of hydrogen-bond donors (Lipinski definition) is 0. The van der Waals surface area contributed by atoms with Gasteiger partial charge in [-0.05, 0) is 33.2 Å². The minimum Gasteiger partial charge on any atom is -0.339 e. The van der Waals surface area contributed by atoms with Crippen LogP contribution in [0.5, 0.6) is 0 Å². The van der Waals surface area contributed by atoms with Gasteiger partial charge in [0, 0.05) is 12.5 Å². The third-order valence-corrected chi connectivity index (χ3v) is 4.22. The topological polar surface area (TPSA) is 81.1 Å². The molecule has 0 spiro atoms. The van der Waals surface area contributed by atoms with Crippen LogP contribution in [0.2, 0.25) is 0 Å². The van der Waals surface area contributed by atoms with E-state index in [1.807, 2.05) is 6.92 Å². The molecule has 0 N–H and O–H groups in total. The zero-order valence-electron chi connectivity index (χ0n) is 13.6. The summed E-state index contributed by atoms with van der Waals surface area (Å²) in [4.78, 5) is 11.2. The van der Waals surface area contributed by atoms with E-state index in [1.54, 1.807) is 0 Å². The lowest BCUT2D eigenvalue weighted by Crippen LogP contribution is -2.36. The highest BCUT2D eigenvalue weighted by molar-refractivity contribution is 5.00. The molecular weight excluding hydrogens is 282 g/mol. The highest BCUT2D eigenvalue weighted by Crippen LogP contribution is 2.31. The van der Waals surface area contributed by atoms with Gasteiger partial charge in [0.05, 0.1) is 12.0 Å². The van der Waals surface area contributed by atoms with Crippen LogP contribution in [0, 0.1) is 6.92 Å². The summed E-state index contributed by atoms with van der Waals surface area (Å²) in [5.41, 5.74) is 0. The van der Waals surface area contributed by atoms with Crippen LogP contribution in [0.4, 0.5) is 0 Å². The number of aromatic nitrogens is 4. The second kappa shape index (κ2) is 6.16. The molecular formula is C15H23N5O2. The number of rotatable bonds is 4. The van der Waals surface area contributed by atoms with Crippen LogP contribution in [0.15, 0.2) is 9.05 Å². The Bertz CT molecular complexity index is 621. The van der Waals surface area contributed by atoms with Gasteiger partial charge in [-0.2, -0.15) is 9.97 Å². The van der Waals surface area contributed by atoms with Gasteiger partial charge in [0.15, 0.2) is 11.6 Å². The van der Waals surface area contributed by atoms with E-state index in [0.29, 0.717) is 11.7 Å². The Labute approximate surface area is 130 Å². The molecule has 2 aromatic heterocycles. The summed E-state index contributed by atoms with van der Waals surface area (Å²) in [6.07, 6.45) is 2.17. The molecule has 120 valence electrons. The van der Waals surface area contributed by atoms with Crippen LogP contribution in [-0.2, 0) is 0 Å². The number of likely N-dealkylation sites (tertiary alicyclic amines) is 1. The van der Waals surface area contributed by atoms with Crippen molar-refractivity contribution in [1.29, 1.82) is 0 Å². The molecule has 3 heterocycles. The Hall–Kier alpha value is -1.76. The number of hydrogen-bond acceptors (Lipinski definition) is 7. The molecule has 7 nitrogen and oxygen atoms in total. The fraction of sp³-hybridized carbons (Fsp3) is 0.733. The predicted molar refractivity (Wildman–Crippen MR) is 79.4 cm³/mol. The highest BCUT2D eigenvalue weighted by Gasteiger charge is 2.30. The van der Waals surface area contributed by atoms with Gasteiger partial charge in [0.25, 0.3) is 0 Å². The maximum Gasteiger partial charge on any atom is 0.243 e. The first-order valence-electron chi connectivity index (χ1n) is 7.92. The maximum atomic E-state index is 5.43. The largest absolute Gasteiger partial charge is 0.339 e. The van der Waals surface area contributed by atoms with E-state index in [9.17, 15) is 0 Å². The van der Waals surface area contributed by atoms with E-state index in [-0.39, 0.29) is 17.9 Å². The first-order valence-corrected chi connectivity index (χ1v) is 7.92. The average Bonchev–Trinajstić information content (AvgIpc) is 3.15. The van der Waals surface area contributed by atoms with Gasteiger partial charge in [-0.3, -0.25) is 4.90 Å². The lowest BCUT2D eigenvalue weighted by atomic mass is 9.96. The first-order chi connectivity index (χ1) is 10.5. The van der Waals surface area contributed by atoms with Crippen molar-refractivity contribution >= 4 is 0 Å². The lowest BCUT2D eigenvalue weighted by molar-refractivity contribution is 0.123. The molecule has 0 radical (unpaired) electrons. The fourth-order valence-electron chi connectivity index (χ4n) is 2.85. The van der Waals surface area contributed by atoms with Crippen molar-refractivity contribution in [2.24, 2.45) is 0 Å². The molecule has 2 atom stereocenters. The van der Waals surface area contributed by atoms with Gasteiger partial charge in [-0.1, -0.05) is 24.2 Å². The average molecular weight is 305 g/mol. The number of piperidine rings is 1. The van der Waals surface area contributed by atoms with Gasteiger partial charge in [0.2, 0.25) is 11.8 Å². The Balaban J connectivity index is 1.70. The summed E-state index contributed by atoms with van der Waals surface area (Å²) in [7, 11) is 0. The lowest BCUT2D eigenvalue weighted by Gasteiger charge is -2.33. The van der Waals surface area contributed by atoms with Crippen LogP contribution >= 0.6 is 0 Å². The molecule has 1 aliphatic rings. The van der Waals surface area contributed by atoms with Crippen LogP contribution in [0.3, 0.4) is 0 Å². The Kier molecular flexibility index (Phi) is 4.24. The molecule has 1 aliphatic heterocycles. The maximum absolute atomic E-state index is 5.43. The molecule has 0 bridgehead atoms. The Morgan fingerprint density at radius 3 is 2.59 bits per heavy atom. The zero-order valence-corrected chi connectivity index (χ0v) is 13.6. The Morgan fingerprint density at radius 2 is 1.95 bits per heavy atom. The van der Waals surface area contributed by atoms with Gasteiger partial charge in [0.1, 0.15) is 0 Å². The molecule has 3 rings (SSSR count). The summed E-state index contributed by atoms with van der Waals surface area (Å²) < 4.78 is 10.8. The van der Waals surface area contributed by atoms with E-state index < -0.39 is 0 Å². The smallest absolute Gasteiger partial charge is 0.243 e. The predicted octanol–water partition coefficient (Wildman–Crippen LogP) is 2.83. The molecule has 1 saturated heterocycles. The summed E-state index contributed by atoms with van der Waals surface area (Å²) in [6, 6.07) is 0.104. The molecule has 0 aromatic carbocycles. The van der Waals surface area contributed by atoms with Crippen molar-refractivity contribution in [2.75, 3.05) is 13.1 Å². The SMILES string of the molecule is Cc1noc([C@H]2CCCN([C@H](C)c3nc(C(C)C)no3)C2)n1. The van der Waals surface area contributed by atoms with Crippen molar-refractivity contribution < 1.29 is 9.05 Å². The summed E-state index contributed by atoms with van der Waals surface area (Å²) in [6.45, 7) is 9.98. The molecule has 0 unspecified atom stereocenters. The normalized spacial score (nSPS) is 21.4. The molecule has 0 aliphatic carbocycles. The third kappa shape index (κ3) is 3.04. The van der Waals surface area contributed by atoms with Crippen LogP contribution < -0.4 is 0 Å². The summed E-state index contributed by atoms with van der Waals surface area (Å²) in [5.74, 6) is 3.44. The van der Waals surface area contributed by atoms with Crippen molar-refractivity contribution in [3.05, 3.63) is 23.4 Å². The highest BCUT2D eigenvalue weighted by atomic mass is 16.5. The van der Waals surface area contributed by atoms with Crippen LogP contribution in [-0.4, -0.2) is 38.3 Å². The molecule has 0 amide bonds. The molecule has 0 saturated carbocycles.